The zero-order valence-corrected chi connectivity index (χ0v) is 75.7. The predicted octanol–water partition coefficient (Wildman–Crippen LogP) is 19.8. The van der Waals surface area contributed by atoms with E-state index in [0.717, 1.165) is 184 Å². The van der Waals surface area contributed by atoms with E-state index < -0.39 is 77.9 Å². The van der Waals surface area contributed by atoms with Crippen molar-refractivity contribution in [3.8, 4) is 0 Å². The molecule has 0 unspecified atom stereocenters. The van der Waals surface area contributed by atoms with Gasteiger partial charge < -0.3 is 43.0 Å². The molecule has 39 heteroatoms. The summed E-state index contributed by atoms with van der Waals surface area (Å²) < 4.78 is 165. The van der Waals surface area contributed by atoms with Gasteiger partial charge in [0.15, 0.2) is 25.2 Å². The Hall–Kier alpha value is -5.29. The molecule has 3 fully saturated rings. The van der Waals surface area contributed by atoms with E-state index in [1.165, 1.54) is 126 Å². The fourth-order valence-electron chi connectivity index (χ4n) is 13.0. The lowest BCUT2D eigenvalue weighted by atomic mass is 9.99. The minimum Gasteiger partial charge on any atom is -0.384 e. The van der Waals surface area contributed by atoms with Crippen LogP contribution in [-0.2, 0) is 45.7 Å². The SMILES string of the molecule is C[C@@H]1CN[C@H](CCCCCCNc2cc(F)c(S(=O)(=O)Nc3nccs3)cc2Cl)C1.C[C@H](N)CCCCCCNc1cc(F)c(S(=O)(=O)Nc2nccs2)cc1Cl.Cc1cnc(CS(=O)(=O)c2cc(Br)c(NCCCCCC[C@H]3CCCCN3)cc2F)s1.O=S(=O)(Nc1nccs1)c1cc(Cl)c(NCCCCCC[C@@H]2CCN2)cc1F. The van der Waals surface area contributed by atoms with Gasteiger partial charge in [0, 0.05) is 101 Å². The average Bonchev–Trinajstić information content (AvgIpc) is 0.965. The molecule has 0 radical (unpaired) electrons. The standard InChI is InChI=1S/C22H31BrFN3O2S2.C20H28ClFN4O2S2.C18H24ClFN4O2S2.C17H24ClFN4O2S2/c1-16-14-27-22(30-16)15-31(28,29)21-12-18(23)20(13-19(21)24)26-11-6-3-2-4-8-17-9-5-7-10-25-17;1-14-10-15(25-13-14)6-4-2-3-5-7-23-18-12-17(22)19(11-16(18)21)30(27,28)26-20-24-8-9-29-20;19-14-11-17(28(25,26)24-18-23-9-10-27-18)15(20)12-16(14)22-7-4-2-1-3-5-13-6-8-21-13;1-12(20)6-4-2-3-5-7-21-15-11-14(19)16(10-13(15)18)27(24,25)23-17-22-8-9-26-17/h12-14,17,25-26H,2-11,15H2,1H3;8-9,11-12,14-15,23,25H,2-7,10,13H2,1H3,(H,24,26);9-13,21-22H,1-8H2,(H,23,24);8-12,21H,2-7,20H2,1H3,(H,22,23)/t17-;14-,15+;13-;12-/m0010/s1. The number of anilines is 7. The summed E-state index contributed by atoms with van der Waals surface area (Å²) in [5, 5.41) is 29.3. The Morgan fingerprint density at radius 3 is 1.26 bits per heavy atom. The summed E-state index contributed by atoms with van der Waals surface area (Å²) in [5.41, 5.74) is 7.45. The Balaban J connectivity index is 0.000000193. The largest absolute Gasteiger partial charge is 0.384 e. The van der Waals surface area contributed by atoms with E-state index in [-0.39, 0.29) is 47.2 Å². The highest BCUT2D eigenvalue weighted by Crippen LogP contribution is 2.36. The zero-order valence-electron chi connectivity index (χ0n) is 65.3. The zero-order chi connectivity index (χ0) is 83.7. The summed E-state index contributed by atoms with van der Waals surface area (Å²) >= 11 is 26.5. The van der Waals surface area contributed by atoms with E-state index in [0.29, 0.717) is 70.0 Å². The molecular formula is C77H107BrCl3F4N15O8S8. The minimum absolute atomic E-state index is 0.146. The number of nitrogens with one attached hydrogen (secondary N) is 10. The van der Waals surface area contributed by atoms with Gasteiger partial charge in [-0.2, -0.15) is 0 Å². The first-order valence-corrected chi connectivity index (χ1v) is 50.7. The predicted molar refractivity (Wildman–Crippen MR) is 472 cm³/mol. The van der Waals surface area contributed by atoms with Gasteiger partial charge >= 0.3 is 0 Å². The molecule has 642 valence electrons. The molecule has 3 aliphatic heterocycles. The van der Waals surface area contributed by atoms with Crippen molar-refractivity contribution in [2.24, 2.45) is 11.7 Å². The number of unbranched alkanes of at least 4 members (excludes halogenated alkanes) is 12. The molecule has 0 spiro atoms. The van der Waals surface area contributed by atoms with E-state index >= 15 is 0 Å². The number of halogens is 8. The Labute approximate surface area is 720 Å². The van der Waals surface area contributed by atoms with Crippen molar-refractivity contribution in [3.05, 3.63) is 142 Å². The lowest BCUT2D eigenvalue weighted by Crippen LogP contribution is -2.42. The van der Waals surface area contributed by atoms with Crippen LogP contribution < -0.4 is 57.1 Å². The van der Waals surface area contributed by atoms with E-state index in [9.17, 15) is 51.2 Å². The topological polar surface area (TPSA) is 334 Å². The molecule has 5 atom stereocenters. The normalized spacial score (nSPS) is 16.5. The first-order valence-electron chi connectivity index (χ1n) is 39.2. The fourth-order valence-corrected chi connectivity index (χ4v) is 22.6. The maximum Gasteiger partial charge on any atom is 0.266 e. The van der Waals surface area contributed by atoms with E-state index in [1.807, 2.05) is 13.8 Å². The maximum atomic E-state index is 14.6. The third kappa shape index (κ3) is 32.9. The molecule has 0 bridgehead atoms. The number of sulfonamides is 3. The summed E-state index contributed by atoms with van der Waals surface area (Å²) in [7, 11) is -16.1. The van der Waals surface area contributed by atoms with Crippen LogP contribution in [-0.4, -0.2) is 124 Å². The summed E-state index contributed by atoms with van der Waals surface area (Å²) in [4.78, 5) is 14.7. The highest BCUT2D eigenvalue weighted by molar-refractivity contribution is 9.10. The highest BCUT2D eigenvalue weighted by atomic mass is 79.9. The van der Waals surface area contributed by atoms with E-state index in [2.05, 4.69) is 94.2 Å². The second kappa shape index (κ2) is 49.0. The van der Waals surface area contributed by atoms with Crippen LogP contribution >= 0.6 is 96.1 Å². The van der Waals surface area contributed by atoms with Gasteiger partial charge in [0.05, 0.1) is 37.8 Å². The van der Waals surface area contributed by atoms with Gasteiger partial charge in [0.25, 0.3) is 30.1 Å². The van der Waals surface area contributed by atoms with Crippen molar-refractivity contribution in [3.63, 3.8) is 0 Å². The number of sulfone groups is 1. The van der Waals surface area contributed by atoms with Crippen molar-refractivity contribution in [1.82, 2.24) is 35.9 Å². The molecule has 116 heavy (non-hydrogen) atoms. The number of thiazole rings is 4. The number of hydrogen-bond acceptors (Lipinski definition) is 24. The number of aryl methyl sites for hydroxylation is 1. The smallest absolute Gasteiger partial charge is 0.266 e. The number of benzene rings is 4. The molecule has 0 saturated carbocycles. The molecule has 7 heterocycles. The van der Waals surface area contributed by atoms with E-state index in [1.54, 1.807) is 22.3 Å². The molecule has 12 N–H and O–H groups in total. The average molecular weight is 1890 g/mol. The van der Waals surface area contributed by atoms with Crippen molar-refractivity contribution in [1.29, 1.82) is 0 Å². The van der Waals surface area contributed by atoms with Crippen LogP contribution in [0.4, 0.5) is 55.7 Å². The monoisotopic (exact) mass is 1890 g/mol. The fraction of sp³-hybridized carbons (Fsp3) is 0.532. The van der Waals surface area contributed by atoms with Crippen LogP contribution in [0.1, 0.15) is 184 Å². The Kier molecular flexibility index (Phi) is 40.6. The molecule has 8 aromatic rings. The molecule has 11 rings (SSSR count). The van der Waals surface area contributed by atoms with Crippen molar-refractivity contribution < 1.29 is 51.2 Å². The van der Waals surface area contributed by atoms with E-state index in [4.69, 9.17) is 40.5 Å². The third-order valence-corrected chi connectivity index (χ3v) is 30.1. The molecule has 3 saturated heterocycles. The molecule has 23 nitrogen and oxygen atoms in total. The number of aromatic nitrogens is 4. The van der Waals surface area contributed by atoms with Gasteiger partial charge in [-0.05, 0) is 181 Å². The van der Waals surface area contributed by atoms with Crippen LogP contribution in [0.25, 0.3) is 0 Å². The summed E-state index contributed by atoms with van der Waals surface area (Å²) in [6.45, 7) is 12.2. The maximum absolute atomic E-state index is 14.6. The van der Waals surface area contributed by atoms with Crippen molar-refractivity contribution >= 4 is 174 Å². The lowest BCUT2D eigenvalue weighted by Gasteiger charge is -2.27. The number of nitrogens with two attached hydrogens (primary N) is 1. The second-order valence-electron chi connectivity index (χ2n) is 29.0. The Morgan fingerprint density at radius 2 is 0.897 bits per heavy atom. The second-order valence-corrected chi connectivity index (χ2v) is 42.0. The number of piperidine rings is 1. The molecule has 3 aliphatic rings. The Morgan fingerprint density at radius 1 is 0.500 bits per heavy atom. The van der Waals surface area contributed by atoms with Crippen LogP contribution in [0.5, 0.6) is 0 Å². The molecule has 4 aromatic heterocycles. The quantitative estimate of drug-likeness (QED) is 0.0125. The molecule has 0 aliphatic carbocycles. The van der Waals surface area contributed by atoms with Gasteiger partial charge in [-0.1, -0.05) is 125 Å². The molecule has 4 aromatic carbocycles. The first kappa shape index (κ1) is 96.2. The van der Waals surface area contributed by atoms with Gasteiger partial charge in [-0.15, -0.1) is 45.3 Å². The molecular weight excluding hydrogens is 1780 g/mol. The van der Waals surface area contributed by atoms with Gasteiger partial charge in [-0.25, -0.2) is 71.2 Å². The summed E-state index contributed by atoms with van der Waals surface area (Å²) in [6, 6.07) is 11.6. The van der Waals surface area contributed by atoms with Gasteiger partial charge in [0.2, 0.25) is 0 Å². The van der Waals surface area contributed by atoms with Crippen molar-refractivity contribution in [2.45, 2.75) is 231 Å². The van der Waals surface area contributed by atoms with Crippen LogP contribution in [0.2, 0.25) is 15.1 Å². The van der Waals surface area contributed by atoms with Crippen molar-refractivity contribution in [2.75, 3.05) is 81.2 Å². The lowest BCUT2D eigenvalue weighted by molar-refractivity contribution is 0.339. The summed E-state index contributed by atoms with van der Waals surface area (Å²) in [6.07, 6.45) is 34.7. The van der Waals surface area contributed by atoms with Gasteiger partial charge in [0.1, 0.15) is 53.6 Å². The van der Waals surface area contributed by atoms with Crippen LogP contribution in [0.15, 0.2) is 114 Å². The van der Waals surface area contributed by atoms with Crippen LogP contribution in [0.3, 0.4) is 0 Å². The first-order chi connectivity index (χ1) is 55.4. The number of rotatable bonds is 44. The van der Waals surface area contributed by atoms with Crippen LogP contribution in [0, 0.1) is 36.1 Å². The highest BCUT2D eigenvalue weighted by Gasteiger charge is 2.28. The molecule has 0 amide bonds. The number of nitrogens with zero attached hydrogens (tertiary/aromatic N) is 4. The minimum atomic E-state index is -4.10. The number of hydrogen-bond donors (Lipinski definition) is 11. The third-order valence-electron chi connectivity index (χ3n) is 19.3. The summed E-state index contributed by atoms with van der Waals surface area (Å²) in [5.74, 6) is -2.83. The Bertz CT molecular complexity index is 4780. The van der Waals surface area contributed by atoms with Gasteiger partial charge in [-0.3, -0.25) is 14.2 Å².